The van der Waals surface area contributed by atoms with Gasteiger partial charge in [-0.3, -0.25) is 4.99 Å². The number of hydrogen-bond donors (Lipinski definition) is 0. The highest BCUT2D eigenvalue weighted by Crippen LogP contribution is 2.57. The molecule has 1 heterocycles. The van der Waals surface area contributed by atoms with Gasteiger partial charge < -0.3 is 4.90 Å². The highest BCUT2D eigenvalue weighted by atomic mass is 32.2. The Balaban J connectivity index is 1.62. The molecule has 0 aromatic heterocycles. The lowest BCUT2D eigenvalue weighted by Gasteiger charge is -2.55. The molecule has 4 heteroatoms. The van der Waals surface area contributed by atoms with E-state index in [2.05, 4.69) is 57.7 Å². The molecule has 0 bridgehead atoms. The molecular formula is C25H36N2S2. The predicted octanol–water partition coefficient (Wildman–Crippen LogP) is 6.57. The van der Waals surface area contributed by atoms with Crippen LogP contribution in [0.2, 0.25) is 0 Å². The zero-order valence-corrected chi connectivity index (χ0v) is 20.4. The summed E-state index contributed by atoms with van der Waals surface area (Å²) in [7, 11) is 0. The van der Waals surface area contributed by atoms with Crippen molar-refractivity contribution in [1.29, 1.82) is 0 Å². The number of aryl methyl sites for hydroxylation is 1. The van der Waals surface area contributed by atoms with Crippen molar-refractivity contribution in [3.8, 4) is 0 Å². The molecule has 1 saturated heterocycles. The fourth-order valence-electron chi connectivity index (χ4n) is 6.27. The number of thiocarbonyl (C=S) groups is 1. The van der Waals surface area contributed by atoms with E-state index in [4.69, 9.17) is 17.2 Å². The van der Waals surface area contributed by atoms with E-state index in [0.29, 0.717) is 17.3 Å². The second-order valence-electron chi connectivity index (χ2n) is 10.1. The molecule has 0 amide bonds. The van der Waals surface area contributed by atoms with Gasteiger partial charge in [0.15, 0.2) is 5.17 Å². The number of fused-ring (bicyclic) bond motifs is 3. The molecule has 1 aromatic rings. The highest BCUT2D eigenvalue weighted by Gasteiger charge is 2.51. The van der Waals surface area contributed by atoms with Gasteiger partial charge in [0, 0.05) is 13.1 Å². The number of thioether (sulfide) groups is 1. The van der Waals surface area contributed by atoms with E-state index in [-0.39, 0.29) is 5.41 Å². The van der Waals surface area contributed by atoms with E-state index in [9.17, 15) is 0 Å². The van der Waals surface area contributed by atoms with Gasteiger partial charge in [0.25, 0.3) is 0 Å². The average Bonchev–Trinajstić information content (AvgIpc) is 3.05. The minimum Gasteiger partial charge on any atom is -0.315 e. The number of rotatable bonds is 4. The van der Waals surface area contributed by atoms with Gasteiger partial charge in [-0.2, -0.15) is 0 Å². The van der Waals surface area contributed by atoms with E-state index in [1.807, 2.05) is 11.8 Å². The molecule has 2 aliphatic carbocycles. The van der Waals surface area contributed by atoms with Crippen molar-refractivity contribution in [1.82, 2.24) is 4.90 Å². The molecule has 0 radical (unpaired) electrons. The first-order valence-electron chi connectivity index (χ1n) is 11.4. The molecule has 29 heavy (non-hydrogen) atoms. The molecule has 1 saturated carbocycles. The summed E-state index contributed by atoms with van der Waals surface area (Å²) in [6, 6.07) is 7.36. The van der Waals surface area contributed by atoms with Crippen molar-refractivity contribution in [3.63, 3.8) is 0 Å². The molecule has 3 aliphatic rings. The largest absolute Gasteiger partial charge is 0.315 e. The Hall–Kier alpha value is -0.870. The number of nitrogens with zero attached hydrogens (tertiary/aromatic N) is 2. The topological polar surface area (TPSA) is 15.6 Å². The van der Waals surface area contributed by atoms with Crippen molar-refractivity contribution in [3.05, 3.63) is 34.9 Å². The van der Waals surface area contributed by atoms with Crippen LogP contribution < -0.4 is 0 Å². The molecule has 0 N–H and O–H groups in total. The third-order valence-corrected chi connectivity index (χ3v) is 9.49. The number of aliphatic imine (C=N–C) groups is 1. The summed E-state index contributed by atoms with van der Waals surface area (Å²) in [5.74, 6) is 2.24. The molecule has 0 unspecified atom stereocenters. The summed E-state index contributed by atoms with van der Waals surface area (Å²) in [4.78, 5) is 8.43. The fraction of sp³-hybridized carbons (Fsp3) is 0.680. The smallest absolute Gasteiger partial charge is 0.164 e. The molecule has 4 rings (SSSR count). The van der Waals surface area contributed by atoms with Gasteiger partial charge >= 0.3 is 0 Å². The first kappa shape index (κ1) is 21.4. The van der Waals surface area contributed by atoms with Crippen molar-refractivity contribution in [2.24, 2.45) is 16.3 Å². The fourth-order valence-corrected chi connectivity index (χ4v) is 7.68. The van der Waals surface area contributed by atoms with Gasteiger partial charge in [0.05, 0.1) is 10.7 Å². The molecule has 2 nitrogen and oxygen atoms in total. The van der Waals surface area contributed by atoms with Gasteiger partial charge in [0.2, 0.25) is 0 Å². The quantitative estimate of drug-likeness (QED) is 0.504. The zero-order chi connectivity index (χ0) is 20.8. The first-order chi connectivity index (χ1) is 13.8. The Morgan fingerprint density at radius 2 is 2.07 bits per heavy atom. The monoisotopic (exact) mass is 428 g/mol. The third-order valence-electron chi connectivity index (χ3n) is 7.92. The Kier molecular flexibility index (Phi) is 5.89. The number of hydrogen-bond acceptors (Lipinski definition) is 3. The lowest BCUT2D eigenvalue weighted by molar-refractivity contribution is 0.0330. The lowest BCUT2D eigenvalue weighted by atomic mass is 9.50. The van der Waals surface area contributed by atoms with Crippen LogP contribution in [-0.2, 0) is 11.8 Å². The van der Waals surface area contributed by atoms with Crippen LogP contribution in [0.1, 0.15) is 82.9 Å². The predicted molar refractivity (Wildman–Crippen MR) is 131 cm³/mol. The highest BCUT2D eigenvalue weighted by molar-refractivity contribution is 8.15. The maximum absolute atomic E-state index is 5.52. The van der Waals surface area contributed by atoms with Crippen molar-refractivity contribution < 1.29 is 0 Å². The van der Waals surface area contributed by atoms with Crippen LogP contribution in [0.25, 0.3) is 0 Å². The summed E-state index contributed by atoms with van der Waals surface area (Å²) >= 11 is 7.35. The van der Waals surface area contributed by atoms with Gasteiger partial charge in [-0.05, 0) is 72.0 Å². The van der Waals surface area contributed by atoms with Crippen LogP contribution in [0.3, 0.4) is 0 Å². The van der Waals surface area contributed by atoms with Crippen LogP contribution >= 0.6 is 24.0 Å². The molecule has 1 aliphatic heterocycles. The summed E-state index contributed by atoms with van der Waals surface area (Å²) in [6.45, 7) is 13.7. The molecule has 158 valence electrons. The Morgan fingerprint density at radius 3 is 2.79 bits per heavy atom. The Bertz CT molecular complexity index is 830. The van der Waals surface area contributed by atoms with Crippen LogP contribution in [0.15, 0.2) is 23.2 Å². The summed E-state index contributed by atoms with van der Waals surface area (Å²) in [5.41, 5.74) is 5.30. The van der Waals surface area contributed by atoms with Gasteiger partial charge in [-0.1, -0.05) is 76.3 Å². The average molecular weight is 429 g/mol. The zero-order valence-electron chi connectivity index (χ0n) is 18.8. The minimum absolute atomic E-state index is 0.276. The second-order valence-corrected chi connectivity index (χ2v) is 11.5. The summed E-state index contributed by atoms with van der Waals surface area (Å²) < 4.78 is 0. The summed E-state index contributed by atoms with van der Waals surface area (Å²) in [5, 5.41) is 1.16. The number of benzene rings is 1. The van der Waals surface area contributed by atoms with E-state index >= 15 is 0 Å². The van der Waals surface area contributed by atoms with Crippen molar-refractivity contribution in [2.75, 3.05) is 18.8 Å². The summed E-state index contributed by atoms with van der Waals surface area (Å²) in [6.07, 6.45) is 6.45. The Labute approximate surface area is 186 Å². The van der Waals surface area contributed by atoms with Crippen LogP contribution in [0.4, 0.5) is 0 Å². The minimum atomic E-state index is 0.276. The standard InChI is InChI=1S/C25H36N2S2/c1-6-27-22(28)15-29-23(27)26-16-24(4)12-7-13-25(5)20-10-8-18(17(2)3)14-19(20)9-11-21(24)25/h8,10,14,17,21H,6-7,9,11-13,15-16H2,1-5H3/t21-,24-,25+/m0/s1. The van der Waals surface area contributed by atoms with E-state index in [0.717, 1.165) is 29.0 Å². The van der Waals surface area contributed by atoms with Crippen LogP contribution in [0, 0.1) is 11.3 Å². The van der Waals surface area contributed by atoms with Crippen molar-refractivity contribution >= 4 is 34.1 Å². The normalized spacial score (nSPS) is 33.3. The maximum Gasteiger partial charge on any atom is 0.164 e. The van der Waals surface area contributed by atoms with Crippen LogP contribution in [-0.4, -0.2) is 33.9 Å². The molecular weight excluding hydrogens is 392 g/mol. The molecule has 1 aromatic carbocycles. The van der Waals surface area contributed by atoms with E-state index in [1.165, 1.54) is 37.7 Å². The SMILES string of the molecule is CCN1C(=S)CSC1=NC[C@]1(C)CCC[C@]2(C)c3ccc(C(C)C)cc3CC[C@@H]12. The van der Waals surface area contributed by atoms with Gasteiger partial charge in [-0.25, -0.2) is 0 Å². The van der Waals surface area contributed by atoms with E-state index < -0.39 is 0 Å². The second kappa shape index (κ2) is 8.00. The van der Waals surface area contributed by atoms with Crippen LogP contribution in [0.5, 0.6) is 0 Å². The molecule has 2 fully saturated rings. The van der Waals surface area contributed by atoms with Gasteiger partial charge in [0.1, 0.15) is 0 Å². The Morgan fingerprint density at radius 1 is 1.28 bits per heavy atom. The van der Waals surface area contributed by atoms with Gasteiger partial charge in [-0.15, -0.1) is 0 Å². The third kappa shape index (κ3) is 3.69. The molecule has 3 atom stereocenters. The lowest BCUT2D eigenvalue weighted by Crippen LogP contribution is -2.50. The van der Waals surface area contributed by atoms with E-state index in [1.54, 1.807) is 11.1 Å². The maximum atomic E-state index is 5.52. The number of amidine groups is 1. The van der Waals surface area contributed by atoms with Crippen molar-refractivity contribution in [2.45, 2.75) is 78.1 Å². The molecule has 0 spiro atoms. The first-order valence-corrected chi connectivity index (χ1v) is 12.8.